The second-order valence-electron chi connectivity index (χ2n) is 7.72. The van der Waals surface area contributed by atoms with E-state index in [4.69, 9.17) is 21.4 Å². The van der Waals surface area contributed by atoms with Crippen LogP contribution in [0.4, 0.5) is 11.6 Å². The Morgan fingerprint density at radius 2 is 2.12 bits per heavy atom. The molecule has 0 aliphatic carbocycles. The van der Waals surface area contributed by atoms with Crippen molar-refractivity contribution >= 4 is 34.7 Å². The van der Waals surface area contributed by atoms with Crippen molar-refractivity contribution in [3.05, 3.63) is 65.6 Å². The highest BCUT2D eigenvalue weighted by Gasteiger charge is 2.31. The molecule has 10 heteroatoms. The lowest BCUT2D eigenvalue weighted by Crippen LogP contribution is -2.49. The fourth-order valence-corrected chi connectivity index (χ4v) is 4.10. The van der Waals surface area contributed by atoms with Crippen LogP contribution in [0.15, 0.2) is 55.0 Å². The van der Waals surface area contributed by atoms with Gasteiger partial charge in [-0.25, -0.2) is 14.5 Å². The lowest BCUT2D eigenvalue weighted by atomic mass is 9.91. The second kappa shape index (κ2) is 8.68. The molecule has 4 aromatic rings. The summed E-state index contributed by atoms with van der Waals surface area (Å²) in [6, 6.07) is 11.6. The molecular weight excluding hydrogens is 444 g/mol. The van der Waals surface area contributed by atoms with Gasteiger partial charge in [-0.2, -0.15) is 5.10 Å². The van der Waals surface area contributed by atoms with Gasteiger partial charge < -0.3 is 20.1 Å². The predicted octanol–water partition coefficient (Wildman–Crippen LogP) is 3.12. The molecule has 0 bridgehead atoms. The third kappa shape index (κ3) is 3.96. The van der Waals surface area contributed by atoms with Gasteiger partial charge in [0.15, 0.2) is 0 Å². The predicted molar refractivity (Wildman–Crippen MR) is 124 cm³/mol. The van der Waals surface area contributed by atoms with Gasteiger partial charge in [0, 0.05) is 30.8 Å². The smallest absolute Gasteiger partial charge is 0.248 e. The number of amides is 1. The molecule has 1 aliphatic heterocycles. The zero-order chi connectivity index (χ0) is 22.9. The topological polar surface area (TPSA) is 105 Å². The Morgan fingerprint density at radius 3 is 2.91 bits per heavy atom. The molecule has 0 atom stereocenters. The number of aliphatic hydroxyl groups is 1. The number of pyridine rings is 1. The molecule has 1 aromatic carbocycles. The normalized spacial score (nSPS) is 13.7. The van der Waals surface area contributed by atoms with Gasteiger partial charge in [0.05, 0.1) is 41.4 Å². The molecule has 5 rings (SSSR count). The van der Waals surface area contributed by atoms with Crippen LogP contribution in [0.3, 0.4) is 0 Å². The maximum Gasteiger partial charge on any atom is 0.248 e. The minimum Gasteiger partial charge on any atom is -0.495 e. The highest BCUT2D eigenvalue weighted by molar-refractivity contribution is 6.33. The van der Waals surface area contributed by atoms with Crippen molar-refractivity contribution in [1.82, 2.24) is 24.5 Å². The molecule has 1 saturated heterocycles. The minimum atomic E-state index is -0.461. The van der Waals surface area contributed by atoms with E-state index >= 15 is 0 Å². The summed E-state index contributed by atoms with van der Waals surface area (Å²) in [6.07, 6.45) is 5.15. The van der Waals surface area contributed by atoms with Crippen molar-refractivity contribution < 1.29 is 14.6 Å². The molecule has 0 radical (unpaired) electrons. The molecule has 1 fully saturated rings. The van der Waals surface area contributed by atoms with Crippen molar-refractivity contribution in [3.8, 4) is 17.0 Å². The van der Waals surface area contributed by atoms with E-state index in [0.717, 1.165) is 16.6 Å². The summed E-state index contributed by atoms with van der Waals surface area (Å²) < 4.78 is 7.34. The van der Waals surface area contributed by atoms with Crippen LogP contribution < -0.4 is 10.1 Å². The van der Waals surface area contributed by atoms with Crippen LogP contribution in [0.1, 0.15) is 11.5 Å². The first-order valence-electron chi connectivity index (χ1n) is 10.4. The fourth-order valence-electron chi connectivity index (χ4n) is 3.91. The van der Waals surface area contributed by atoms with Gasteiger partial charge in [0.2, 0.25) is 11.9 Å². The molecule has 1 aliphatic rings. The Hall–Kier alpha value is -3.69. The summed E-state index contributed by atoms with van der Waals surface area (Å²) in [7, 11) is 1.60. The standard InChI is InChI=1S/C23H21ClN6O3/c1-33-20-8-14(15-11-29(12-15)21(32)13-31)5-6-18(20)27-23-25-10-17(24)22(28-23)16-9-26-30-7-3-2-4-19(16)30/h2-10,15,31H,11-13H2,1H3,(H,25,27,28). The van der Waals surface area contributed by atoms with E-state index in [1.165, 1.54) is 0 Å². The van der Waals surface area contributed by atoms with Crippen molar-refractivity contribution in [3.63, 3.8) is 0 Å². The first-order chi connectivity index (χ1) is 16.1. The number of methoxy groups -OCH3 is 1. The number of anilines is 2. The summed E-state index contributed by atoms with van der Waals surface area (Å²) in [5.74, 6) is 0.963. The zero-order valence-electron chi connectivity index (χ0n) is 17.8. The van der Waals surface area contributed by atoms with Crippen LogP contribution in [0, 0.1) is 0 Å². The van der Waals surface area contributed by atoms with Gasteiger partial charge in [-0.1, -0.05) is 23.7 Å². The zero-order valence-corrected chi connectivity index (χ0v) is 18.5. The molecule has 1 amide bonds. The maximum absolute atomic E-state index is 11.6. The van der Waals surface area contributed by atoms with Gasteiger partial charge in [0.25, 0.3) is 0 Å². The Kier molecular flexibility index (Phi) is 5.57. The third-order valence-electron chi connectivity index (χ3n) is 5.74. The Labute approximate surface area is 194 Å². The summed E-state index contributed by atoms with van der Waals surface area (Å²) >= 11 is 6.41. The van der Waals surface area contributed by atoms with Crippen LogP contribution in [0.2, 0.25) is 5.02 Å². The first-order valence-corrected chi connectivity index (χ1v) is 10.7. The number of nitrogens with zero attached hydrogens (tertiary/aromatic N) is 5. The lowest BCUT2D eigenvalue weighted by molar-refractivity contribution is -0.138. The number of hydrogen-bond acceptors (Lipinski definition) is 7. The van der Waals surface area contributed by atoms with Crippen LogP contribution in [-0.2, 0) is 4.79 Å². The number of carbonyl (C=O) groups excluding carboxylic acids is 1. The second-order valence-corrected chi connectivity index (χ2v) is 8.12. The average Bonchev–Trinajstić information content (AvgIpc) is 3.24. The molecule has 33 heavy (non-hydrogen) atoms. The van der Waals surface area contributed by atoms with E-state index in [9.17, 15) is 4.79 Å². The molecule has 0 saturated carbocycles. The van der Waals surface area contributed by atoms with Gasteiger partial charge >= 0.3 is 0 Å². The number of halogens is 1. The number of fused-ring (bicyclic) bond motifs is 1. The van der Waals surface area contributed by atoms with E-state index in [-0.39, 0.29) is 11.8 Å². The molecule has 168 valence electrons. The summed E-state index contributed by atoms with van der Waals surface area (Å²) in [5.41, 5.74) is 4.04. The summed E-state index contributed by atoms with van der Waals surface area (Å²) in [5, 5.41) is 17.0. The van der Waals surface area contributed by atoms with Gasteiger partial charge in [-0.3, -0.25) is 4.79 Å². The molecule has 0 spiro atoms. The fraction of sp³-hybridized carbons (Fsp3) is 0.217. The number of likely N-dealkylation sites (tertiary alicyclic amines) is 1. The van der Waals surface area contributed by atoms with Gasteiger partial charge in [0.1, 0.15) is 12.4 Å². The number of ether oxygens (including phenoxy) is 1. The van der Waals surface area contributed by atoms with Crippen molar-refractivity contribution in [2.75, 3.05) is 32.1 Å². The van der Waals surface area contributed by atoms with Crippen LogP contribution in [0.5, 0.6) is 5.75 Å². The quantitative estimate of drug-likeness (QED) is 0.451. The number of carbonyl (C=O) groups is 1. The van der Waals surface area contributed by atoms with E-state index in [1.54, 1.807) is 28.9 Å². The average molecular weight is 465 g/mol. The van der Waals surface area contributed by atoms with Crippen molar-refractivity contribution in [1.29, 1.82) is 0 Å². The highest BCUT2D eigenvalue weighted by Crippen LogP contribution is 2.35. The van der Waals surface area contributed by atoms with Crippen molar-refractivity contribution in [2.24, 2.45) is 0 Å². The molecule has 4 heterocycles. The molecule has 9 nitrogen and oxygen atoms in total. The maximum atomic E-state index is 11.6. The number of nitrogens with one attached hydrogen (secondary N) is 1. The van der Waals surface area contributed by atoms with Crippen molar-refractivity contribution in [2.45, 2.75) is 5.92 Å². The Bertz CT molecular complexity index is 1340. The number of benzene rings is 1. The Balaban J connectivity index is 1.39. The third-order valence-corrected chi connectivity index (χ3v) is 6.02. The Morgan fingerprint density at radius 1 is 1.27 bits per heavy atom. The number of aromatic nitrogens is 4. The van der Waals surface area contributed by atoms with Crippen LogP contribution >= 0.6 is 11.6 Å². The first kappa shape index (κ1) is 21.2. The number of aliphatic hydroxyl groups excluding tert-OH is 1. The summed E-state index contributed by atoms with van der Waals surface area (Å²) in [4.78, 5) is 22.2. The van der Waals surface area contributed by atoms with Gasteiger partial charge in [-0.15, -0.1) is 0 Å². The van der Waals surface area contributed by atoms with E-state index in [2.05, 4.69) is 20.4 Å². The molecule has 0 unspecified atom stereocenters. The monoisotopic (exact) mass is 464 g/mol. The SMILES string of the molecule is COc1cc(C2CN(C(=O)CO)C2)ccc1Nc1ncc(Cl)c(-c2cnn3ccccc23)n1. The molecular formula is C23H21ClN6O3. The lowest BCUT2D eigenvalue weighted by Gasteiger charge is -2.39. The van der Waals surface area contributed by atoms with Crippen LogP contribution in [-0.4, -0.2) is 62.3 Å². The molecule has 3 aromatic heterocycles. The highest BCUT2D eigenvalue weighted by atomic mass is 35.5. The summed E-state index contributed by atoms with van der Waals surface area (Å²) in [6.45, 7) is 0.703. The largest absolute Gasteiger partial charge is 0.495 e. The van der Waals surface area contributed by atoms with E-state index in [0.29, 0.717) is 41.2 Å². The number of rotatable bonds is 6. The molecule has 2 N–H and O–H groups in total. The van der Waals surface area contributed by atoms with Gasteiger partial charge in [-0.05, 0) is 29.8 Å². The van der Waals surface area contributed by atoms with E-state index in [1.807, 2.05) is 42.6 Å². The van der Waals surface area contributed by atoms with Crippen LogP contribution in [0.25, 0.3) is 16.8 Å². The minimum absolute atomic E-state index is 0.206. The van der Waals surface area contributed by atoms with E-state index < -0.39 is 6.61 Å². The number of hydrogen-bond donors (Lipinski definition) is 2.